The van der Waals surface area contributed by atoms with Gasteiger partial charge in [-0.15, -0.1) is 0 Å². The number of anilines is 1. The number of aryl methyl sites for hydroxylation is 2. The molecule has 168 valence electrons. The smallest absolute Gasteiger partial charge is 0.264 e. The van der Waals surface area contributed by atoms with Crippen LogP contribution in [0.2, 0.25) is 5.02 Å². The lowest BCUT2D eigenvalue weighted by atomic mass is 10.0. The molecule has 0 bridgehead atoms. The largest absolute Gasteiger partial charge is 0.368 e. The van der Waals surface area contributed by atoms with Crippen molar-refractivity contribution in [2.75, 3.05) is 10.8 Å². The number of carbonyl (C=O) groups is 1. The second-order valence-electron chi connectivity index (χ2n) is 7.45. The first kappa shape index (κ1) is 23.7. The van der Waals surface area contributed by atoms with Gasteiger partial charge >= 0.3 is 0 Å². The lowest BCUT2D eigenvalue weighted by Gasteiger charge is -2.26. The molecule has 0 aromatic heterocycles. The van der Waals surface area contributed by atoms with E-state index < -0.39 is 34.1 Å². The lowest BCUT2D eigenvalue weighted by molar-refractivity contribution is -0.116. The minimum absolute atomic E-state index is 0.0331. The third kappa shape index (κ3) is 5.08. The normalized spacial score (nSPS) is 11.4. The number of nitrogens with zero attached hydrogens (tertiary/aromatic N) is 1. The van der Waals surface area contributed by atoms with E-state index in [1.165, 1.54) is 36.4 Å². The molecule has 0 unspecified atom stereocenters. The maximum absolute atomic E-state index is 14.3. The van der Waals surface area contributed by atoms with Crippen molar-refractivity contribution in [1.82, 2.24) is 0 Å². The van der Waals surface area contributed by atoms with Crippen molar-refractivity contribution in [3.8, 4) is 0 Å². The molecule has 0 aliphatic rings. The fourth-order valence-corrected chi connectivity index (χ4v) is 5.33. The Labute approximate surface area is 190 Å². The predicted octanol–water partition coefficient (Wildman–Crippen LogP) is 4.51. The second kappa shape index (κ2) is 9.26. The van der Waals surface area contributed by atoms with Crippen LogP contribution >= 0.6 is 11.6 Å². The highest BCUT2D eigenvalue weighted by Crippen LogP contribution is 2.32. The summed E-state index contributed by atoms with van der Waals surface area (Å²) in [6.45, 7) is 2.84. The Hall–Kier alpha value is -2.97. The second-order valence-corrected chi connectivity index (χ2v) is 9.75. The van der Waals surface area contributed by atoms with Crippen LogP contribution in [0.25, 0.3) is 0 Å². The third-order valence-electron chi connectivity index (χ3n) is 4.82. The minimum Gasteiger partial charge on any atom is -0.368 e. The summed E-state index contributed by atoms with van der Waals surface area (Å²) in [6, 6.07) is 12.4. The van der Waals surface area contributed by atoms with Crippen molar-refractivity contribution in [2.45, 2.75) is 25.2 Å². The molecule has 2 N–H and O–H groups in total. The molecule has 0 spiro atoms. The highest BCUT2D eigenvalue weighted by atomic mass is 35.5. The molecular formula is C23H21ClF2N2O3S. The van der Waals surface area contributed by atoms with Crippen molar-refractivity contribution < 1.29 is 22.0 Å². The fourth-order valence-electron chi connectivity index (χ4n) is 3.48. The number of nitrogens with two attached hydrogens (primary N) is 1. The molecule has 9 heteroatoms. The van der Waals surface area contributed by atoms with Gasteiger partial charge in [0.2, 0.25) is 5.91 Å². The van der Waals surface area contributed by atoms with Gasteiger partial charge in [-0.25, -0.2) is 17.2 Å². The van der Waals surface area contributed by atoms with E-state index in [0.717, 1.165) is 16.4 Å². The SMILES string of the molecule is Cc1cc(C)cc(S(=O)(=O)N(CC(N)=O)c2ccc(Cl)cc2Cc2c(F)cccc2F)c1. The van der Waals surface area contributed by atoms with Crippen LogP contribution in [0.4, 0.5) is 14.5 Å². The van der Waals surface area contributed by atoms with Gasteiger partial charge in [-0.3, -0.25) is 9.10 Å². The Balaban J connectivity index is 2.20. The Kier molecular flexibility index (Phi) is 6.85. The van der Waals surface area contributed by atoms with Crippen LogP contribution < -0.4 is 10.0 Å². The Morgan fingerprint density at radius 2 is 1.59 bits per heavy atom. The highest BCUT2D eigenvalue weighted by Gasteiger charge is 2.29. The molecule has 0 fully saturated rings. The van der Waals surface area contributed by atoms with Crippen LogP contribution in [0.5, 0.6) is 0 Å². The van der Waals surface area contributed by atoms with E-state index in [1.54, 1.807) is 13.8 Å². The number of carbonyl (C=O) groups excluding carboxylic acids is 1. The van der Waals surface area contributed by atoms with Crippen LogP contribution in [0.3, 0.4) is 0 Å². The van der Waals surface area contributed by atoms with Gasteiger partial charge in [0.05, 0.1) is 10.6 Å². The Bertz CT molecular complexity index is 1260. The molecule has 0 aliphatic heterocycles. The Morgan fingerprint density at radius 1 is 1.00 bits per heavy atom. The number of amides is 1. The summed E-state index contributed by atoms with van der Waals surface area (Å²) in [5, 5.41) is 0.239. The van der Waals surface area contributed by atoms with E-state index in [1.807, 2.05) is 6.07 Å². The van der Waals surface area contributed by atoms with Crippen LogP contribution in [-0.2, 0) is 21.2 Å². The number of sulfonamides is 1. The van der Waals surface area contributed by atoms with Crippen molar-refractivity contribution in [1.29, 1.82) is 0 Å². The van der Waals surface area contributed by atoms with Gasteiger partial charge < -0.3 is 5.73 Å². The van der Waals surface area contributed by atoms with Gasteiger partial charge in [0.25, 0.3) is 10.0 Å². The van der Waals surface area contributed by atoms with Crippen molar-refractivity contribution >= 4 is 33.2 Å². The van der Waals surface area contributed by atoms with E-state index >= 15 is 0 Å². The monoisotopic (exact) mass is 478 g/mol. The predicted molar refractivity (Wildman–Crippen MR) is 120 cm³/mol. The molecule has 0 atom stereocenters. The first-order chi connectivity index (χ1) is 15.0. The summed E-state index contributed by atoms with van der Waals surface area (Å²) in [6.07, 6.45) is -0.286. The molecule has 3 aromatic rings. The summed E-state index contributed by atoms with van der Waals surface area (Å²) in [5.74, 6) is -2.46. The summed E-state index contributed by atoms with van der Waals surface area (Å²) in [4.78, 5) is 11.8. The standard InChI is InChI=1S/C23H21ClF2N2O3S/c1-14-8-15(2)10-18(9-14)32(30,31)28(13-23(27)29)22-7-6-17(24)11-16(22)12-19-20(25)4-3-5-21(19)26/h3-11H,12-13H2,1-2H3,(H2,27,29). The summed E-state index contributed by atoms with van der Waals surface area (Å²) in [5.41, 5.74) is 6.80. The number of primary amides is 1. The van der Waals surface area contributed by atoms with E-state index in [9.17, 15) is 22.0 Å². The Morgan fingerprint density at radius 3 is 2.16 bits per heavy atom. The van der Waals surface area contributed by atoms with Crippen LogP contribution in [0, 0.1) is 25.5 Å². The first-order valence-corrected chi connectivity index (χ1v) is 11.4. The van der Waals surface area contributed by atoms with Gasteiger partial charge in [-0.1, -0.05) is 23.7 Å². The molecule has 0 radical (unpaired) electrons. The van der Waals surface area contributed by atoms with E-state index in [2.05, 4.69) is 0 Å². The molecule has 32 heavy (non-hydrogen) atoms. The maximum atomic E-state index is 14.3. The zero-order chi connectivity index (χ0) is 23.6. The lowest BCUT2D eigenvalue weighted by Crippen LogP contribution is -2.39. The number of hydrogen-bond acceptors (Lipinski definition) is 3. The van der Waals surface area contributed by atoms with Gasteiger partial charge in [0.1, 0.15) is 18.2 Å². The van der Waals surface area contributed by atoms with Gasteiger partial charge in [0.15, 0.2) is 0 Å². The number of hydrogen-bond donors (Lipinski definition) is 1. The molecule has 5 nitrogen and oxygen atoms in total. The zero-order valence-corrected chi connectivity index (χ0v) is 19.0. The first-order valence-electron chi connectivity index (χ1n) is 9.59. The van der Waals surface area contributed by atoms with Gasteiger partial charge in [-0.05, 0) is 73.0 Å². The molecule has 0 saturated carbocycles. The molecule has 1 amide bonds. The average molecular weight is 479 g/mol. The molecule has 3 aromatic carbocycles. The maximum Gasteiger partial charge on any atom is 0.264 e. The quantitative estimate of drug-likeness (QED) is 0.542. The topological polar surface area (TPSA) is 80.5 Å². The zero-order valence-electron chi connectivity index (χ0n) is 17.4. The summed E-state index contributed by atoms with van der Waals surface area (Å²) < 4.78 is 56.5. The molecule has 0 aliphatic carbocycles. The number of benzene rings is 3. The van der Waals surface area contributed by atoms with Gasteiger partial charge in [-0.2, -0.15) is 0 Å². The minimum atomic E-state index is -4.24. The van der Waals surface area contributed by atoms with Gasteiger partial charge in [0, 0.05) is 17.0 Å². The fraction of sp³-hybridized carbons (Fsp3) is 0.174. The van der Waals surface area contributed by atoms with Crippen LogP contribution in [-0.4, -0.2) is 20.9 Å². The van der Waals surface area contributed by atoms with Crippen LogP contribution in [0.15, 0.2) is 59.5 Å². The van der Waals surface area contributed by atoms with E-state index in [4.69, 9.17) is 17.3 Å². The molecule has 0 saturated heterocycles. The van der Waals surface area contributed by atoms with Crippen molar-refractivity contribution in [3.05, 3.63) is 93.5 Å². The van der Waals surface area contributed by atoms with Crippen molar-refractivity contribution in [3.63, 3.8) is 0 Å². The summed E-state index contributed by atoms with van der Waals surface area (Å²) in [7, 11) is -4.24. The van der Waals surface area contributed by atoms with E-state index in [-0.39, 0.29) is 33.2 Å². The molecule has 3 rings (SSSR count). The average Bonchev–Trinajstić information content (AvgIpc) is 2.68. The van der Waals surface area contributed by atoms with E-state index in [0.29, 0.717) is 11.1 Å². The van der Waals surface area contributed by atoms with Crippen LogP contribution in [0.1, 0.15) is 22.3 Å². The molecular weight excluding hydrogens is 458 g/mol. The van der Waals surface area contributed by atoms with Crippen molar-refractivity contribution in [2.24, 2.45) is 5.73 Å². The molecule has 0 heterocycles. The highest BCUT2D eigenvalue weighted by molar-refractivity contribution is 7.92. The number of rotatable bonds is 7. The summed E-state index contributed by atoms with van der Waals surface area (Å²) >= 11 is 6.10. The third-order valence-corrected chi connectivity index (χ3v) is 6.79. The number of halogens is 3.